The number of carbonyl (C=O) groups excluding carboxylic acids is 1. The maximum Gasteiger partial charge on any atom is 0.416 e. The molecule has 0 unspecified atom stereocenters. The maximum absolute atomic E-state index is 13.9. The molecule has 2 N–H and O–H groups in total. The van der Waals surface area contributed by atoms with E-state index in [0.717, 1.165) is 66.5 Å². The predicted octanol–water partition coefficient (Wildman–Crippen LogP) is 8.61. The van der Waals surface area contributed by atoms with Crippen molar-refractivity contribution in [1.82, 2.24) is 5.32 Å². The molecule has 0 aliphatic carbocycles. The van der Waals surface area contributed by atoms with Crippen molar-refractivity contribution in [2.24, 2.45) is 0 Å². The highest BCUT2D eigenvalue weighted by atomic mass is 19.4. The van der Waals surface area contributed by atoms with E-state index in [-0.39, 0.29) is 23.4 Å². The number of benzene rings is 3. The van der Waals surface area contributed by atoms with Gasteiger partial charge in [0.2, 0.25) is 0 Å². The Bertz CT molecular complexity index is 1330. The summed E-state index contributed by atoms with van der Waals surface area (Å²) in [5, 5.41) is 5.84. The van der Waals surface area contributed by atoms with Crippen LogP contribution >= 0.6 is 0 Å². The molecule has 2 aliphatic heterocycles. The number of halogens is 5. The molecule has 0 fully saturated rings. The first kappa shape index (κ1) is 28.9. The van der Waals surface area contributed by atoms with Gasteiger partial charge in [-0.25, -0.2) is 13.6 Å². The van der Waals surface area contributed by atoms with Crippen molar-refractivity contribution in [3.8, 4) is 0 Å². The summed E-state index contributed by atoms with van der Waals surface area (Å²) < 4.78 is 67.5. The summed E-state index contributed by atoms with van der Waals surface area (Å²) >= 11 is 0. The van der Waals surface area contributed by atoms with E-state index in [2.05, 4.69) is 15.5 Å². The number of carbonyl (C=O) groups is 1. The minimum atomic E-state index is -4.42. The molecule has 3 aromatic carbocycles. The first-order chi connectivity index (χ1) is 19.1. The molecule has 0 spiro atoms. The Labute approximate surface area is 236 Å². The van der Waals surface area contributed by atoms with Crippen LogP contribution in [-0.4, -0.2) is 24.7 Å². The monoisotopic (exact) mass is 571 g/mol. The summed E-state index contributed by atoms with van der Waals surface area (Å²) in [6, 6.07) is 15.2. The van der Waals surface area contributed by atoms with Gasteiger partial charge < -0.3 is 15.5 Å². The second kappa shape index (κ2) is 10.3. The van der Waals surface area contributed by atoms with E-state index in [1.165, 1.54) is 24.3 Å². The number of hydrogen-bond acceptors (Lipinski definition) is 2. The van der Waals surface area contributed by atoms with Crippen LogP contribution in [0, 0.1) is 0 Å². The molecule has 41 heavy (non-hydrogen) atoms. The van der Waals surface area contributed by atoms with Gasteiger partial charge in [-0.2, -0.15) is 13.2 Å². The third-order valence-electron chi connectivity index (χ3n) is 7.82. The quantitative estimate of drug-likeness (QED) is 0.308. The lowest BCUT2D eigenvalue weighted by atomic mass is 9.76. The Morgan fingerprint density at radius 1 is 0.756 bits per heavy atom. The largest absolute Gasteiger partial charge is 0.416 e. The van der Waals surface area contributed by atoms with Crippen LogP contribution in [0.25, 0.3) is 0 Å². The molecule has 0 saturated heterocycles. The van der Waals surface area contributed by atoms with Gasteiger partial charge in [-0.3, -0.25) is 0 Å². The van der Waals surface area contributed by atoms with E-state index in [4.69, 9.17) is 0 Å². The molecule has 4 nitrogen and oxygen atoms in total. The Hall–Kier alpha value is -3.62. The van der Waals surface area contributed by atoms with Gasteiger partial charge in [0.05, 0.1) is 5.56 Å². The lowest BCUT2D eigenvalue weighted by molar-refractivity contribution is -0.137. The van der Waals surface area contributed by atoms with Crippen molar-refractivity contribution in [3.63, 3.8) is 0 Å². The SMILES string of the molecule is CC(C)(C)NC(=O)Nc1cc2c3c(c1)[C@H](c1ccc(C(F)(F)F)cc1)CCN3CC[C@H]2c1ccc(C(C)(F)F)cc1. The lowest BCUT2D eigenvalue weighted by Crippen LogP contribution is -2.43. The highest BCUT2D eigenvalue weighted by molar-refractivity contribution is 5.91. The van der Waals surface area contributed by atoms with Crippen molar-refractivity contribution < 1.29 is 26.7 Å². The normalized spacial score (nSPS) is 19.0. The Morgan fingerprint density at radius 3 is 1.63 bits per heavy atom. The highest BCUT2D eigenvalue weighted by Gasteiger charge is 2.36. The van der Waals surface area contributed by atoms with E-state index in [1.54, 1.807) is 12.1 Å². The molecule has 5 rings (SSSR count). The highest BCUT2D eigenvalue weighted by Crippen LogP contribution is 2.50. The van der Waals surface area contributed by atoms with Crippen LogP contribution in [0.3, 0.4) is 0 Å². The summed E-state index contributed by atoms with van der Waals surface area (Å²) in [6.45, 7) is 7.99. The van der Waals surface area contributed by atoms with E-state index in [9.17, 15) is 26.7 Å². The molecule has 0 saturated carbocycles. The molecule has 9 heteroatoms. The second-order valence-electron chi connectivity index (χ2n) is 12.1. The molecule has 0 aromatic heterocycles. The van der Waals surface area contributed by atoms with Crippen LogP contribution in [-0.2, 0) is 12.1 Å². The molecule has 0 radical (unpaired) electrons. The molecule has 218 valence electrons. The van der Waals surface area contributed by atoms with E-state index in [0.29, 0.717) is 12.1 Å². The number of nitrogens with one attached hydrogen (secondary N) is 2. The second-order valence-corrected chi connectivity index (χ2v) is 12.1. The molecule has 0 bridgehead atoms. The summed E-state index contributed by atoms with van der Waals surface area (Å²) in [6.07, 6.45) is -2.95. The number of anilines is 2. The molecule has 2 heterocycles. The van der Waals surface area contributed by atoms with Gasteiger partial charge in [0, 0.05) is 54.3 Å². The summed E-state index contributed by atoms with van der Waals surface area (Å²) in [5.41, 5.74) is 3.92. The predicted molar refractivity (Wildman–Crippen MR) is 151 cm³/mol. The summed E-state index contributed by atoms with van der Waals surface area (Å²) in [4.78, 5) is 15.1. The maximum atomic E-state index is 13.9. The average molecular weight is 572 g/mol. The third-order valence-corrected chi connectivity index (χ3v) is 7.82. The number of rotatable bonds is 4. The van der Waals surface area contributed by atoms with E-state index < -0.39 is 23.2 Å². The number of nitrogens with zero attached hydrogens (tertiary/aromatic N) is 1. The molecular weight excluding hydrogens is 537 g/mol. The van der Waals surface area contributed by atoms with E-state index in [1.807, 2.05) is 32.9 Å². The molecule has 2 atom stereocenters. The van der Waals surface area contributed by atoms with Crippen LogP contribution < -0.4 is 15.5 Å². The zero-order chi connectivity index (χ0) is 29.7. The van der Waals surface area contributed by atoms with Gasteiger partial charge >= 0.3 is 12.2 Å². The first-order valence-electron chi connectivity index (χ1n) is 13.8. The third kappa shape index (κ3) is 6.19. The number of alkyl halides is 5. The van der Waals surface area contributed by atoms with Crippen molar-refractivity contribution in [2.75, 3.05) is 23.3 Å². The van der Waals surface area contributed by atoms with Gasteiger partial charge in [-0.15, -0.1) is 0 Å². The van der Waals surface area contributed by atoms with Gasteiger partial charge in [0.15, 0.2) is 0 Å². The standard InChI is InChI=1S/C32H34F5N3O/c1-30(2,3)39-29(41)38-23-17-26-24(19-5-9-21(10-6-19)31(4,33)34)13-15-40-16-14-25(27(18-23)28(26)40)20-7-11-22(12-8-20)32(35,36)37/h5-12,17-18,24-25H,13-16H2,1-4H3,(H2,38,39,41)/t24-,25-/m0/s1. The van der Waals surface area contributed by atoms with Crippen LogP contribution in [0.2, 0.25) is 0 Å². The molecular formula is C32H34F5N3O. The average Bonchev–Trinajstić information content (AvgIpc) is 2.87. The fourth-order valence-electron chi connectivity index (χ4n) is 5.97. The first-order valence-corrected chi connectivity index (χ1v) is 13.8. The van der Waals surface area contributed by atoms with Crippen molar-refractivity contribution in [2.45, 2.75) is 70.0 Å². The Morgan fingerprint density at radius 2 is 1.22 bits per heavy atom. The number of hydrogen-bond donors (Lipinski definition) is 2. The molecule has 2 aliphatic rings. The Balaban J connectivity index is 1.60. The molecule has 3 aromatic rings. The molecule has 2 amide bonds. The van der Waals surface area contributed by atoms with Crippen molar-refractivity contribution >= 4 is 17.4 Å². The van der Waals surface area contributed by atoms with Crippen LogP contribution in [0.1, 0.15) is 85.8 Å². The summed E-state index contributed by atoms with van der Waals surface area (Å²) in [7, 11) is 0. The summed E-state index contributed by atoms with van der Waals surface area (Å²) in [5.74, 6) is -3.21. The zero-order valence-corrected chi connectivity index (χ0v) is 23.5. The Kier molecular flexibility index (Phi) is 7.28. The zero-order valence-electron chi connectivity index (χ0n) is 23.5. The van der Waals surface area contributed by atoms with Gasteiger partial charge in [0.25, 0.3) is 5.92 Å². The fraction of sp³-hybridized carbons (Fsp3) is 0.406. The fourth-order valence-corrected chi connectivity index (χ4v) is 5.97. The lowest BCUT2D eigenvalue weighted by Gasteiger charge is -2.43. The van der Waals surface area contributed by atoms with Crippen LogP contribution in [0.15, 0.2) is 60.7 Å². The van der Waals surface area contributed by atoms with Gasteiger partial charge in [0.1, 0.15) is 0 Å². The topological polar surface area (TPSA) is 44.4 Å². The smallest absolute Gasteiger partial charge is 0.371 e. The van der Waals surface area contributed by atoms with E-state index >= 15 is 0 Å². The number of urea groups is 1. The van der Waals surface area contributed by atoms with Gasteiger partial charge in [-0.1, -0.05) is 36.4 Å². The van der Waals surface area contributed by atoms with Gasteiger partial charge in [-0.05, 0) is 80.1 Å². The van der Waals surface area contributed by atoms with Crippen LogP contribution in [0.4, 0.5) is 38.1 Å². The minimum Gasteiger partial charge on any atom is -0.371 e. The van der Waals surface area contributed by atoms with Crippen molar-refractivity contribution in [1.29, 1.82) is 0 Å². The van der Waals surface area contributed by atoms with Crippen molar-refractivity contribution in [3.05, 3.63) is 94.0 Å². The minimum absolute atomic E-state index is 0.0580. The number of amides is 2. The van der Waals surface area contributed by atoms with Crippen LogP contribution in [0.5, 0.6) is 0 Å².